The van der Waals surface area contributed by atoms with Crippen molar-refractivity contribution in [3.63, 3.8) is 0 Å². The molecule has 4 nitrogen and oxygen atoms in total. The van der Waals surface area contributed by atoms with Gasteiger partial charge in [0.25, 0.3) is 0 Å². The molecule has 15 heavy (non-hydrogen) atoms. The number of hydrogen-bond donors (Lipinski definition) is 1. The van der Waals surface area contributed by atoms with Crippen molar-refractivity contribution in [1.82, 2.24) is 0 Å². The van der Waals surface area contributed by atoms with E-state index in [-0.39, 0.29) is 18.2 Å². The van der Waals surface area contributed by atoms with Crippen LogP contribution in [0.4, 0.5) is 13.2 Å². The predicted molar refractivity (Wildman–Crippen MR) is 48.9 cm³/mol. The fourth-order valence-electron chi connectivity index (χ4n) is 0.869. The zero-order chi connectivity index (χ0) is 12.1. The molecule has 1 atom stereocenters. The van der Waals surface area contributed by atoms with Crippen molar-refractivity contribution in [3.8, 4) is 0 Å². The van der Waals surface area contributed by atoms with Crippen molar-refractivity contribution in [2.75, 3.05) is 24.7 Å². The third-order valence-electron chi connectivity index (χ3n) is 1.60. The molecule has 0 spiro atoms. The van der Waals surface area contributed by atoms with Crippen molar-refractivity contribution < 1.29 is 26.3 Å². The van der Waals surface area contributed by atoms with Crippen LogP contribution in [0.1, 0.15) is 6.92 Å². The molecule has 92 valence electrons. The Hall–Kier alpha value is -0.340. The maximum absolute atomic E-state index is 11.5. The number of hydrogen-bond acceptors (Lipinski definition) is 4. The van der Waals surface area contributed by atoms with Crippen molar-refractivity contribution in [2.24, 2.45) is 11.7 Å². The summed E-state index contributed by atoms with van der Waals surface area (Å²) in [5.74, 6) is -1.12. The normalized spacial score (nSPS) is 15.3. The predicted octanol–water partition coefficient (Wildman–Crippen LogP) is 0.532. The lowest BCUT2D eigenvalue weighted by atomic mass is 10.2. The fourth-order valence-corrected chi connectivity index (χ4v) is 2.38. The highest BCUT2D eigenvalue weighted by Gasteiger charge is 2.29. The highest BCUT2D eigenvalue weighted by atomic mass is 32.2. The van der Waals surface area contributed by atoms with Crippen molar-refractivity contribution in [2.45, 2.75) is 13.3 Å². The number of halogens is 3. The van der Waals surface area contributed by atoms with Gasteiger partial charge in [0.1, 0.15) is 0 Å². The van der Waals surface area contributed by atoms with Gasteiger partial charge in [-0.2, -0.15) is 0 Å². The van der Waals surface area contributed by atoms with Crippen LogP contribution in [-0.4, -0.2) is 39.4 Å². The first kappa shape index (κ1) is 14.7. The molecule has 0 radical (unpaired) electrons. The molecule has 1 unspecified atom stereocenters. The second kappa shape index (κ2) is 5.66. The van der Waals surface area contributed by atoms with Gasteiger partial charge in [0.05, 0.1) is 18.1 Å². The van der Waals surface area contributed by atoms with Gasteiger partial charge in [0.2, 0.25) is 0 Å². The minimum Gasteiger partial charge on any atom is -0.330 e. The van der Waals surface area contributed by atoms with Crippen LogP contribution < -0.4 is 5.73 Å². The molecule has 0 bridgehead atoms. The van der Waals surface area contributed by atoms with Crippen LogP contribution in [0.3, 0.4) is 0 Å². The summed E-state index contributed by atoms with van der Waals surface area (Å²) in [7, 11) is -3.52. The van der Waals surface area contributed by atoms with Crippen LogP contribution in [0.2, 0.25) is 0 Å². The molecule has 0 aromatic heterocycles. The van der Waals surface area contributed by atoms with Gasteiger partial charge in [0, 0.05) is 0 Å². The molecule has 0 aliphatic heterocycles. The van der Waals surface area contributed by atoms with E-state index in [0.717, 1.165) is 0 Å². The van der Waals surface area contributed by atoms with E-state index in [0.29, 0.717) is 0 Å². The largest absolute Gasteiger partial charge is 0.522 e. The topological polar surface area (TPSA) is 69.4 Å². The van der Waals surface area contributed by atoms with Crippen LogP contribution in [-0.2, 0) is 14.6 Å². The molecule has 0 amide bonds. The smallest absolute Gasteiger partial charge is 0.330 e. The van der Waals surface area contributed by atoms with Gasteiger partial charge >= 0.3 is 6.36 Å². The minimum absolute atomic E-state index is 0.180. The van der Waals surface area contributed by atoms with Gasteiger partial charge in [-0.15, -0.1) is 13.2 Å². The standard InChI is InChI=1S/C7H14F3NO3S/c1-6(4-11)5-15(12,13)3-2-14-7(8,9)10/h6H,2-5,11H2,1H3. The molecule has 0 aliphatic carbocycles. The Bertz CT molecular complexity index is 276. The summed E-state index contributed by atoms with van der Waals surface area (Å²) in [6, 6.07) is 0. The van der Waals surface area contributed by atoms with Gasteiger partial charge in [-0.25, -0.2) is 8.42 Å². The van der Waals surface area contributed by atoms with Crippen molar-refractivity contribution in [1.29, 1.82) is 0 Å². The fraction of sp³-hybridized carbons (Fsp3) is 1.00. The maximum atomic E-state index is 11.5. The Morgan fingerprint density at radius 1 is 1.40 bits per heavy atom. The first-order chi connectivity index (χ1) is 6.66. The lowest BCUT2D eigenvalue weighted by Crippen LogP contribution is -2.26. The van der Waals surface area contributed by atoms with Gasteiger partial charge < -0.3 is 5.73 Å². The Balaban J connectivity index is 3.96. The highest BCUT2D eigenvalue weighted by Crippen LogP contribution is 2.16. The molecule has 0 saturated carbocycles. The summed E-state index contributed by atoms with van der Waals surface area (Å²) < 4.78 is 60.3. The third kappa shape index (κ3) is 8.64. The quantitative estimate of drug-likeness (QED) is 0.745. The molecule has 0 rings (SSSR count). The van der Waals surface area contributed by atoms with E-state index in [1.165, 1.54) is 0 Å². The first-order valence-corrected chi connectivity index (χ1v) is 6.09. The SMILES string of the molecule is CC(CN)CS(=O)(=O)CCOC(F)(F)F. The van der Waals surface area contributed by atoms with Crippen LogP contribution in [0.5, 0.6) is 0 Å². The van der Waals surface area contributed by atoms with Gasteiger partial charge in [0.15, 0.2) is 9.84 Å². The average molecular weight is 249 g/mol. The molecular formula is C7H14F3NO3S. The average Bonchev–Trinajstić information content (AvgIpc) is 2.00. The van der Waals surface area contributed by atoms with Crippen LogP contribution in [0.15, 0.2) is 0 Å². The molecule has 0 aromatic carbocycles. The number of alkyl halides is 3. The van der Waals surface area contributed by atoms with Gasteiger partial charge in [-0.3, -0.25) is 4.74 Å². The number of ether oxygens (including phenoxy) is 1. The molecule has 8 heteroatoms. The minimum atomic E-state index is -4.78. The van der Waals surface area contributed by atoms with E-state index in [1.807, 2.05) is 0 Å². The van der Waals surface area contributed by atoms with E-state index in [9.17, 15) is 21.6 Å². The van der Waals surface area contributed by atoms with E-state index < -0.39 is 28.6 Å². The van der Waals surface area contributed by atoms with Crippen LogP contribution in [0, 0.1) is 5.92 Å². The number of nitrogens with two attached hydrogens (primary N) is 1. The van der Waals surface area contributed by atoms with E-state index in [2.05, 4.69) is 4.74 Å². The van der Waals surface area contributed by atoms with Gasteiger partial charge in [-0.05, 0) is 12.5 Å². The van der Waals surface area contributed by atoms with Crippen LogP contribution in [0.25, 0.3) is 0 Å². The Morgan fingerprint density at radius 3 is 2.33 bits per heavy atom. The molecular weight excluding hydrogens is 235 g/mol. The highest BCUT2D eigenvalue weighted by molar-refractivity contribution is 7.91. The summed E-state index contributed by atoms with van der Waals surface area (Å²) in [4.78, 5) is 0. The number of sulfone groups is 1. The van der Waals surface area contributed by atoms with E-state index in [4.69, 9.17) is 5.73 Å². The maximum Gasteiger partial charge on any atom is 0.522 e. The van der Waals surface area contributed by atoms with Gasteiger partial charge in [-0.1, -0.05) is 6.92 Å². The Morgan fingerprint density at radius 2 is 1.93 bits per heavy atom. The zero-order valence-corrected chi connectivity index (χ0v) is 9.07. The summed E-state index contributed by atoms with van der Waals surface area (Å²) in [6.45, 7) is 0.921. The molecule has 0 aliphatic rings. The monoisotopic (exact) mass is 249 g/mol. The Kier molecular flexibility index (Phi) is 5.54. The first-order valence-electron chi connectivity index (χ1n) is 4.27. The van der Waals surface area contributed by atoms with Crippen LogP contribution >= 0.6 is 0 Å². The lowest BCUT2D eigenvalue weighted by molar-refractivity contribution is -0.322. The molecule has 0 fully saturated rings. The molecule has 0 aromatic rings. The summed E-state index contributed by atoms with van der Waals surface area (Å²) >= 11 is 0. The lowest BCUT2D eigenvalue weighted by Gasteiger charge is -2.10. The third-order valence-corrected chi connectivity index (χ3v) is 3.47. The number of rotatable bonds is 6. The molecule has 0 heterocycles. The summed E-state index contributed by atoms with van der Waals surface area (Å²) in [5.41, 5.74) is 5.20. The summed E-state index contributed by atoms with van der Waals surface area (Å²) in [6.07, 6.45) is -4.78. The molecule has 0 saturated heterocycles. The summed E-state index contributed by atoms with van der Waals surface area (Å²) in [5, 5.41) is 0. The van der Waals surface area contributed by atoms with Crippen molar-refractivity contribution >= 4 is 9.84 Å². The second-order valence-corrected chi connectivity index (χ2v) is 5.48. The zero-order valence-electron chi connectivity index (χ0n) is 8.25. The Labute approximate surface area is 86.5 Å². The molecule has 2 N–H and O–H groups in total. The van der Waals surface area contributed by atoms with E-state index >= 15 is 0 Å². The second-order valence-electron chi connectivity index (χ2n) is 3.25. The van der Waals surface area contributed by atoms with Crippen molar-refractivity contribution in [3.05, 3.63) is 0 Å². The van der Waals surface area contributed by atoms with E-state index in [1.54, 1.807) is 6.92 Å².